The van der Waals surface area contributed by atoms with E-state index in [2.05, 4.69) is 15.7 Å². The number of fused-ring (bicyclic) bond motifs is 1. The minimum atomic E-state index is -0.320. The monoisotopic (exact) mass is 408 g/mol. The number of nitrogens with zero attached hydrogens (tertiary/aromatic N) is 2. The molecule has 2 aromatic carbocycles. The summed E-state index contributed by atoms with van der Waals surface area (Å²) >= 11 is 0. The van der Waals surface area contributed by atoms with Crippen LogP contribution in [0.3, 0.4) is 0 Å². The minimum Gasteiger partial charge on any atom is -0.495 e. The smallest absolute Gasteiger partial charge is 0.274 e. The van der Waals surface area contributed by atoms with E-state index in [1.54, 1.807) is 36.4 Å². The molecule has 0 bridgehead atoms. The first-order chi connectivity index (χ1) is 14.3. The SMILES string of the molecule is COc1ccc(NC(C)=O)cc1NC(=O)Cc1nn(C(C)C)c(=O)c2ccccc12. The van der Waals surface area contributed by atoms with Crippen LogP contribution in [0.4, 0.5) is 11.4 Å². The summed E-state index contributed by atoms with van der Waals surface area (Å²) in [6.07, 6.45) is -0.0268. The van der Waals surface area contributed by atoms with Crippen molar-refractivity contribution in [3.8, 4) is 5.75 Å². The number of anilines is 2. The van der Waals surface area contributed by atoms with Crippen LogP contribution in [0.1, 0.15) is 32.5 Å². The molecular weight excluding hydrogens is 384 g/mol. The second-order valence-electron chi connectivity index (χ2n) is 7.16. The molecule has 0 aliphatic heterocycles. The second kappa shape index (κ2) is 8.77. The molecule has 2 N–H and O–H groups in total. The molecule has 0 aliphatic carbocycles. The summed E-state index contributed by atoms with van der Waals surface area (Å²) in [7, 11) is 1.50. The first-order valence-electron chi connectivity index (χ1n) is 9.56. The van der Waals surface area contributed by atoms with Gasteiger partial charge in [-0.05, 0) is 38.1 Å². The molecule has 0 fully saturated rings. The van der Waals surface area contributed by atoms with Crippen LogP contribution < -0.4 is 20.9 Å². The minimum absolute atomic E-state index is 0.0268. The molecule has 3 aromatic rings. The van der Waals surface area contributed by atoms with Gasteiger partial charge >= 0.3 is 0 Å². The zero-order chi connectivity index (χ0) is 21.8. The number of ether oxygens (including phenoxy) is 1. The average Bonchev–Trinajstić information content (AvgIpc) is 2.69. The van der Waals surface area contributed by atoms with E-state index in [-0.39, 0.29) is 29.8 Å². The maximum atomic E-state index is 12.8. The number of carbonyl (C=O) groups excluding carboxylic acids is 2. The van der Waals surface area contributed by atoms with Crippen LogP contribution in [0.15, 0.2) is 47.3 Å². The fraction of sp³-hybridized carbons (Fsp3) is 0.273. The van der Waals surface area contributed by atoms with E-state index in [0.717, 1.165) is 0 Å². The van der Waals surface area contributed by atoms with Crippen molar-refractivity contribution in [1.29, 1.82) is 0 Å². The van der Waals surface area contributed by atoms with Gasteiger partial charge in [0.05, 0.1) is 36.3 Å². The standard InChI is InChI=1S/C22H24N4O4/c1-13(2)26-22(29)17-8-6-5-7-16(17)18(25-26)12-21(28)24-19-11-15(23-14(3)27)9-10-20(19)30-4/h5-11,13H,12H2,1-4H3,(H,23,27)(H,24,28). The van der Waals surface area contributed by atoms with Gasteiger partial charge in [-0.2, -0.15) is 5.10 Å². The van der Waals surface area contributed by atoms with Crippen LogP contribution in [0.25, 0.3) is 10.8 Å². The second-order valence-corrected chi connectivity index (χ2v) is 7.16. The van der Waals surface area contributed by atoms with Gasteiger partial charge in [-0.3, -0.25) is 14.4 Å². The van der Waals surface area contributed by atoms with Crippen molar-refractivity contribution < 1.29 is 14.3 Å². The number of benzene rings is 2. The van der Waals surface area contributed by atoms with Gasteiger partial charge in [-0.15, -0.1) is 0 Å². The van der Waals surface area contributed by atoms with E-state index in [1.165, 1.54) is 18.7 Å². The van der Waals surface area contributed by atoms with Gasteiger partial charge in [0.25, 0.3) is 5.56 Å². The van der Waals surface area contributed by atoms with Gasteiger partial charge in [0.2, 0.25) is 11.8 Å². The number of rotatable bonds is 6. The highest BCUT2D eigenvalue weighted by molar-refractivity contribution is 5.97. The van der Waals surface area contributed by atoms with Crippen molar-refractivity contribution in [1.82, 2.24) is 9.78 Å². The third-order valence-corrected chi connectivity index (χ3v) is 4.52. The van der Waals surface area contributed by atoms with E-state index in [4.69, 9.17) is 4.74 Å². The maximum Gasteiger partial charge on any atom is 0.274 e. The summed E-state index contributed by atoms with van der Waals surface area (Å²) in [5.41, 5.74) is 1.29. The lowest BCUT2D eigenvalue weighted by atomic mass is 10.1. The lowest BCUT2D eigenvalue weighted by Gasteiger charge is -2.15. The van der Waals surface area contributed by atoms with Crippen LogP contribution in [0.2, 0.25) is 0 Å². The molecule has 0 aliphatic rings. The quantitative estimate of drug-likeness (QED) is 0.652. The normalized spacial score (nSPS) is 10.8. The lowest BCUT2D eigenvalue weighted by molar-refractivity contribution is -0.116. The average molecular weight is 408 g/mol. The number of hydrogen-bond acceptors (Lipinski definition) is 5. The Labute approximate surface area is 173 Å². The summed E-state index contributed by atoms with van der Waals surface area (Å²) < 4.78 is 6.70. The summed E-state index contributed by atoms with van der Waals surface area (Å²) in [6, 6.07) is 11.9. The Hall–Kier alpha value is -3.68. The van der Waals surface area contributed by atoms with E-state index in [1.807, 2.05) is 19.9 Å². The molecule has 2 amide bonds. The Bertz CT molecular complexity index is 1170. The summed E-state index contributed by atoms with van der Waals surface area (Å²) in [6.45, 7) is 5.14. The Morgan fingerprint density at radius 3 is 2.43 bits per heavy atom. The highest BCUT2D eigenvalue weighted by Crippen LogP contribution is 2.28. The van der Waals surface area contributed by atoms with Crippen molar-refractivity contribution in [2.45, 2.75) is 33.2 Å². The topological polar surface area (TPSA) is 102 Å². The Morgan fingerprint density at radius 2 is 1.80 bits per heavy atom. The van der Waals surface area contributed by atoms with Crippen LogP contribution in [-0.4, -0.2) is 28.7 Å². The van der Waals surface area contributed by atoms with Gasteiger partial charge in [0.1, 0.15) is 5.75 Å². The van der Waals surface area contributed by atoms with Crippen LogP contribution in [-0.2, 0) is 16.0 Å². The van der Waals surface area contributed by atoms with Gasteiger partial charge < -0.3 is 15.4 Å². The number of aromatic nitrogens is 2. The third-order valence-electron chi connectivity index (χ3n) is 4.52. The molecule has 30 heavy (non-hydrogen) atoms. The molecule has 0 saturated carbocycles. The number of amides is 2. The van der Waals surface area contributed by atoms with Gasteiger partial charge in [-0.1, -0.05) is 18.2 Å². The van der Waals surface area contributed by atoms with Crippen molar-refractivity contribution in [2.75, 3.05) is 17.7 Å². The molecule has 0 spiro atoms. The predicted octanol–water partition coefficient (Wildman–Crippen LogP) is 3.13. The molecule has 156 valence electrons. The van der Waals surface area contributed by atoms with E-state index in [0.29, 0.717) is 33.6 Å². The zero-order valence-corrected chi connectivity index (χ0v) is 17.4. The van der Waals surface area contributed by atoms with Crippen molar-refractivity contribution in [2.24, 2.45) is 0 Å². The van der Waals surface area contributed by atoms with Gasteiger partial charge in [0, 0.05) is 18.0 Å². The first kappa shape index (κ1) is 21.0. The van der Waals surface area contributed by atoms with Crippen LogP contribution in [0, 0.1) is 0 Å². The first-order valence-corrected chi connectivity index (χ1v) is 9.56. The predicted molar refractivity (Wildman–Crippen MR) is 116 cm³/mol. The third kappa shape index (κ3) is 4.48. The highest BCUT2D eigenvalue weighted by Gasteiger charge is 2.16. The van der Waals surface area contributed by atoms with Gasteiger partial charge in [0.15, 0.2) is 0 Å². The molecule has 8 nitrogen and oxygen atoms in total. The summed E-state index contributed by atoms with van der Waals surface area (Å²) in [4.78, 5) is 36.8. The molecule has 8 heteroatoms. The fourth-order valence-electron chi connectivity index (χ4n) is 3.19. The molecule has 1 aromatic heterocycles. The molecule has 0 radical (unpaired) electrons. The van der Waals surface area contributed by atoms with Crippen LogP contribution in [0.5, 0.6) is 5.75 Å². The van der Waals surface area contributed by atoms with Crippen molar-refractivity contribution >= 4 is 34.0 Å². The summed E-state index contributed by atoms with van der Waals surface area (Å²) in [5.74, 6) is -0.0774. The Kier molecular flexibility index (Phi) is 6.15. The zero-order valence-electron chi connectivity index (χ0n) is 17.4. The van der Waals surface area contributed by atoms with Crippen molar-refractivity contribution in [3.05, 3.63) is 58.5 Å². The maximum absolute atomic E-state index is 12.8. The number of carbonyl (C=O) groups is 2. The van der Waals surface area contributed by atoms with E-state index >= 15 is 0 Å². The van der Waals surface area contributed by atoms with E-state index in [9.17, 15) is 14.4 Å². The van der Waals surface area contributed by atoms with Crippen molar-refractivity contribution in [3.63, 3.8) is 0 Å². The molecular formula is C22H24N4O4. The highest BCUT2D eigenvalue weighted by atomic mass is 16.5. The molecule has 3 rings (SSSR count). The van der Waals surface area contributed by atoms with Gasteiger partial charge in [-0.25, -0.2) is 4.68 Å². The number of methoxy groups -OCH3 is 1. The molecule has 0 unspecified atom stereocenters. The molecule has 1 heterocycles. The lowest BCUT2D eigenvalue weighted by Crippen LogP contribution is -2.27. The number of hydrogen-bond donors (Lipinski definition) is 2. The summed E-state index contributed by atoms with van der Waals surface area (Å²) in [5, 5.41) is 11.1. The largest absolute Gasteiger partial charge is 0.495 e. The van der Waals surface area contributed by atoms with E-state index < -0.39 is 0 Å². The van der Waals surface area contributed by atoms with Crippen LogP contribution >= 0.6 is 0 Å². The molecule has 0 saturated heterocycles. The fourth-order valence-corrected chi connectivity index (χ4v) is 3.19. The number of nitrogens with one attached hydrogen (secondary N) is 2. The Balaban J connectivity index is 1.94. The Morgan fingerprint density at radius 1 is 1.10 bits per heavy atom. The molecule has 0 atom stereocenters.